The third kappa shape index (κ3) is 5.19. The molecule has 0 unspecified atom stereocenters. The number of ether oxygens (including phenoxy) is 2. The average molecular weight is 366 g/mol. The van der Waals surface area contributed by atoms with Gasteiger partial charge in [0.25, 0.3) is 0 Å². The molecule has 3 rings (SSSR count). The maximum absolute atomic E-state index is 5.98. The van der Waals surface area contributed by atoms with Crippen LogP contribution in [-0.2, 0) is 13.2 Å². The van der Waals surface area contributed by atoms with Crippen molar-refractivity contribution in [1.82, 2.24) is 0 Å². The zero-order chi connectivity index (χ0) is 19.6. The maximum atomic E-state index is 5.98. The highest BCUT2D eigenvalue weighted by Crippen LogP contribution is 2.20. The molecule has 0 aliphatic carbocycles. The summed E-state index contributed by atoms with van der Waals surface area (Å²) in [7, 11) is 0. The lowest BCUT2D eigenvalue weighted by Gasteiger charge is -2.11. The predicted molar refractivity (Wildman–Crippen MR) is 113 cm³/mol. The summed E-state index contributed by atoms with van der Waals surface area (Å²) in [6.07, 6.45) is 0. The van der Waals surface area contributed by atoms with Crippen LogP contribution < -0.4 is 9.47 Å². The largest absolute Gasteiger partial charge is 0.488 e. The van der Waals surface area contributed by atoms with Gasteiger partial charge in [0.05, 0.1) is 11.1 Å². The second kappa shape index (κ2) is 9.91. The molecule has 0 heterocycles. The fourth-order valence-electron chi connectivity index (χ4n) is 2.79. The first-order chi connectivity index (χ1) is 13.8. The van der Waals surface area contributed by atoms with Gasteiger partial charge in [-0.2, -0.15) is 0 Å². The third-order valence-corrected chi connectivity index (χ3v) is 4.07. The van der Waals surface area contributed by atoms with E-state index in [-0.39, 0.29) is 0 Å². The molecule has 0 atom stereocenters. The first-order valence-electron chi connectivity index (χ1n) is 9.17. The smallest absolute Gasteiger partial charge is 0.135 e. The van der Waals surface area contributed by atoms with Gasteiger partial charge in [-0.3, -0.25) is 0 Å². The Morgan fingerprint density at radius 1 is 0.607 bits per heavy atom. The van der Waals surface area contributed by atoms with Crippen LogP contribution in [0.5, 0.6) is 11.5 Å². The Morgan fingerprint density at radius 3 is 1.54 bits per heavy atom. The van der Waals surface area contributed by atoms with Crippen molar-refractivity contribution in [3.63, 3.8) is 0 Å². The van der Waals surface area contributed by atoms with Crippen molar-refractivity contribution < 1.29 is 9.47 Å². The molecule has 0 saturated heterocycles. The Balaban J connectivity index is 1.66. The van der Waals surface area contributed by atoms with Crippen LogP contribution in [0.4, 0.5) is 0 Å². The van der Waals surface area contributed by atoms with Crippen LogP contribution in [0.2, 0.25) is 0 Å². The highest BCUT2D eigenvalue weighted by atomic mass is 16.5. The molecular formula is C26H22O2. The summed E-state index contributed by atoms with van der Waals surface area (Å²) in [5.74, 6) is 13.6. The molecule has 0 radical (unpaired) electrons. The molecule has 0 aliphatic rings. The Kier molecular flexibility index (Phi) is 6.78. The lowest BCUT2D eigenvalue weighted by molar-refractivity contribution is 0.299. The molecule has 3 aromatic carbocycles. The number of benzene rings is 3. The summed E-state index contributed by atoms with van der Waals surface area (Å²) < 4.78 is 12.0. The van der Waals surface area contributed by atoms with E-state index in [9.17, 15) is 0 Å². The molecule has 0 spiro atoms. The van der Waals surface area contributed by atoms with Gasteiger partial charge in [0.15, 0.2) is 0 Å². The van der Waals surface area contributed by atoms with E-state index in [4.69, 9.17) is 9.47 Å². The van der Waals surface area contributed by atoms with Gasteiger partial charge in [-0.15, -0.1) is 11.8 Å². The van der Waals surface area contributed by atoms with E-state index in [1.165, 1.54) is 0 Å². The van der Waals surface area contributed by atoms with Gasteiger partial charge in [0.1, 0.15) is 24.7 Å². The molecule has 0 bridgehead atoms. The lowest BCUT2D eigenvalue weighted by atomic mass is 10.1. The first-order valence-corrected chi connectivity index (χ1v) is 9.17. The number of rotatable bonds is 6. The summed E-state index contributed by atoms with van der Waals surface area (Å²) in [4.78, 5) is 0. The van der Waals surface area contributed by atoms with Crippen LogP contribution in [-0.4, -0.2) is 0 Å². The normalized spacial score (nSPS) is 9.50. The Hall–Kier alpha value is -3.62. The number of hydrogen-bond donors (Lipinski definition) is 0. The van der Waals surface area contributed by atoms with Gasteiger partial charge in [-0.25, -0.2) is 0 Å². The van der Waals surface area contributed by atoms with Crippen molar-refractivity contribution >= 4 is 0 Å². The van der Waals surface area contributed by atoms with Gasteiger partial charge in [0.2, 0.25) is 0 Å². The van der Waals surface area contributed by atoms with E-state index < -0.39 is 0 Å². The molecule has 2 heteroatoms. The second-order valence-corrected chi connectivity index (χ2v) is 6.14. The minimum atomic E-state index is 0.480. The van der Waals surface area contributed by atoms with E-state index in [0.29, 0.717) is 13.2 Å². The topological polar surface area (TPSA) is 18.5 Å². The van der Waals surface area contributed by atoms with Gasteiger partial charge >= 0.3 is 0 Å². The summed E-state index contributed by atoms with van der Waals surface area (Å²) in [5, 5.41) is 0. The van der Waals surface area contributed by atoms with Crippen LogP contribution >= 0.6 is 0 Å². The van der Waals surface area contributed by atoms with Crippen molar-refractivity contribution in [1.29, 1.82) is 0 Å². The highest BCUT2D eigenvalue weighted by molar-refractivity contribution is 5.46. The van der Waals surface area contributed by atoms with Crippen molar-refractivity contribution in [3.8, 4) is 35.2 Å². The zero-order valence-electron chi connectivity index (χ0n) is 16.2. The second-order valence-electron chi connectivity index (χ2n) is 6.14. The van der Waals surface area contributed by atoms with E-state index >= 15 is 0 Å². The highest BCUT2D eigenvalue weighted by Gasteiger charge is 2.04. The van der Waals surface area contributed by atoms with Crippen LogP contribution in [0.15, 0.2) is 72.8 Å². The minimum absolute atomic E-state index is 0.480. The summed E-state index contributed by atoms with van der Waals surface area (Å²) in [6.45, 7) is 4.61. The van der Waals surface area contributed by atoms with Crippen LogP contribution in [0.3, 0.4) is 0 Å². The molecule has 0 aromatic heterocycles. The molecule has 0 saturated carbocycles. The standard InChI is InChI=1S/C26H22O2/c1-3-10-23-14-5-7-16-25(23)27-19-21-12-9-13-22(18-21)20-28-26-17-8-6-15-24(26)11-4-2/h5-9,12-18H,19-20H2,1-2H3. The van der Waals surface area contributed by atoms with Crippen LogP contribution in [0.1, 0.15) is 36.1 Å². The van der Waals surface area contributed by atoms with Crippen molar-refractivity contribution in [2.24, 2.45) is 0 Å². The lowest BCUT2D eigenvalue weighted by Crippen LogP contribution is -2.01. The zero-order valence-corrected chi connectivity index (χ0v) is 16.2. The fourth-order valence-corrected chi connectivity index (χ4v) is 2.79. The van der Waals surface area contributed by atoms with Crippen LogP contribution in [0.25, 0.3) is 0 Å². The Bertz CT molecular complexity index is 976. The van der Waals surface area contributed by atoms with E-state index in [2.05, 4.69) is 29.7 Å². The molecule has 138 valence electrons. The van der Waals surface area contributed by atoms with E-state index in [1.54, 1.807) is 0 Å². The molecule has 0 amide bonds. The summed E-state index contributed by atoms with van der Waals surface area (Å²) in [5.41, 5.74) is 3.97. The summed E-state index contributed by atoms with van der Waals surface area (Å²) in [6, 6.07) is 23.9. The minimum Gasteiger partial charge on any atom is -0.488 e. The molecule has 0 aliphatic heterocycles. The molecule has 2 nitrogen and oxygen atoms in total. The van der Waals surface area contributed by atoms with E-state index in [0.717, 1.165) is 33.8 Å². The summed E-state index contributed by atoms with van der Waals surface area (Å²) >= 11 is 0. The van der Waals surface area contributed by atoms with Crippen molar-refractivity contribution in [2.45, 2.75) is 27.1 Å². The predicted octanol–water partition coefficient (Wildman–Crippen LogP) is 5.59. The SMILES string of the molecule is CC#Cc1ccccc1OCc1cccc(COc2ccccc2C#CC)c1. The molecule has 0 fully saturated rings. The third-order valence-electron chi connectivity index (χ3n) is 4.07. The van der Waals surface area contributed by atoms with Crippen LogP contribution in [0, 0.1) is 23.7 Å². The molecule has 3 aromatic rings. The maximum Gasteiger partial charge on any atom is 0.135 e. The van der Waals surface area contributed by atoms with Gasteiger partial charge in [-0.1, -0.05) is 54.3 Å². The fraction of sp³-hybridized carbons (Fsp3) is 0.154. The quantitative estimate of drug-likeness (QED) is 0.530. The first kappa shape index (κ1) is 19.2. The van der Waals surface area contributed by atoms with E-state index in [1.807, 2.05) is 80.6 Å². The average Bonchev–Trinajstić information content (AvgIpc) is 2.73. The van der Waals surface area contributed by atoms with Gasteiger partial charge in [-0.05, 0) is 55.3 Å². The molecule has 0 N–H and O–H groups in total. The monoisotopic (exact) mass is 366 g/mol. The molecule has 28 heavy (non-hydrogen) atoms. The Morgan fingerprint density at radius 2 is 1.07 bits per heavy atom. The Labute approximate surface area is 167 Å². The van der Waals surface area contributed by atoms with Gasteiger partial charge in [0, 0.05) is 0 Å². The van der Waals surface area contributed by atoms with Crippen molar-refractivity contribution in [2.75, 3.05) is 0 Å². The molecular weight excluding hydrogens is 344 g/mol. The van der Waals surface area contributed by atoms with Gasteiger partial charge < -0.3 is 9.47 Å². The number of para-hydroxylation sites is 2. The number of hydrogen-bond acceptors (Lipinski definition) is 2. The van der Waals surface area contributed by atoms with Crippen molar-refractivity contribution in [3.05, 3.63) is 95.1 Å².